The van der Waals surface area contributed by atoms with Gasteiger partial charge in [0.2, 0.25) is 0 Å². The van der Waals surface area contributed by atoms with Gasteiger partial charge in [-0.2, -0.15) is 23.5 Å². The predicted octanol–water partition coefficient (Wildman–Crippen LogP) is 4.11. The van der Waals surface area contributed by atoms with E-state index in [4.69, 9.17) is 4.74 Å². The van der Waals surface area contributed by atoms with Crippen molar-refractivity contribution in [3.05, 3.63) is 34.9 Å². The number of carbonyl (C=O) groups excluding carboxylic acids is 2. The van der Waals surface area contributed by atoms with E-state index in [0.29, 0.717) is 18.0 Å². The Balaban J connectivity index is 2.95. The average Bonchev–Trinajstić information content (AvgIpc) is 2.74. The van der Waals surface area contributed by atoms with Crippen molar-refractivity contribution in [1.29, 1.82) is 0 Å². The molecule has 0 radical (unpaired) electrons. The number of esters is 1. The van der Waals surface area contributed by atoms with E-state index < -0.39 is 12.0 Å². The molecule has 0 spiro atoms. The number of ether oxygens (including phenoxy) is 1. The first-order valence-electron chi connectivity index (χ1n) is 10.5. The molecule has 0 aliphatic heterocycles. The number of amides is 1. The maximum Gasteiger partial charge on any atom is 0.328 e. The summed E-state index contributed by atoms with van der Waals surface area (Å²) >= 11 is 3.49. The molecule has 0 heterocycles. The van der Waals surface area contributed by atoms with Crippen molar-refractivity contribution in [1.82, 2.24) is 10.6 Å². The zero-order chi connectivity index (χ0) is 22.5. The Morgan fingerprint density at radius 2 is 1.87 bits per heavy atom. The molecule has 30 heavy (non-hydrogen) atoms. The van der Waals surface area contributed by atoms with Gasteiger partial charge in [-0.05, 0) is 74.1 Å². The summed E-state index contributed by atoms with van der Waals surface area (Å²) < 4.78 is 4.88. The summed E-state index contributed by atoms with van der Waals surface area (Å²) in [5, 5.41) is 6.27. The molecule has 0 aliphatic carbocycles. The van der Waals surface area contributed by atoms with E-state index in [0.717, 1.165) is 41.9 Å². The molecule has 0 fully saturated rings. The highest BCUT2D eigenvalue weighted by atomic mass is 32.2. The topological polar surface area (TPSA) is 67.4 Å². The Morgan fingerprint density at radius 1 is 1.13 bits per heavy atom. The summed E-state index contributed by atoms with van der Waals surface area (Å²) in [6, 6.07) is 6.06. The molecular weight excluding hydrogens is 416 g/mol. The van der Waals surface area contributed by atoms with Crippen LogP contribution in [0.1, 0.15) is 60.5 Å². The van der Waals surface area contributed by atoms with Gasteiger partial charge in [0.05, 0.1) is 7.11 Å². The van der Waals surface area contributed by atoms with Crippen LogP contribution >= 0.6 is 23.5 Å². The molecule has 2 atom stereocenters. The zero-order valence-electron chi connectivity index (χ0n) is 19.2. The van der Waals surface area contributed by atoms with Crippen LogP contribution in [0.3, 0.4) is 0 Å². The smallest absolute Gasteiger partial charge is 0.328 e. The number of thioether (sulfide) groups is 2. The Morgan fingerprint density at radius 3 is 2.43 bits per heavy atom. The molecular formula is C23H38N2O3S2. The molecule has 2 N–H and O–H groups in total. The number of carbonyl (C=O) groups is 2. The van der Waals surface area contributed by atoms with Gasteiger partial charge >= 0.3 is 5.97 Å². The number of hydrogen-bond donors (Lipinski definition) is 2. The third-order valence-electron chi connectivity index (χ3n) is 5.18. The lowest BCUT2D eigenvalue weighted by Gasteiger charge is -2.19. The first-order chi connectivity index (χ1) is 14.4. The number of aryl methyl sites for hydroxylation is 1. The monoisotopic (exact) mass is 454 g/mol. The Bertz CT molecular complexity index is 668. The molecule has 0 saturated carbocycles. The lowest BCUT2D eigenvalue weighted by Crippen LogP contribution is -2.42. The highest BCUT2D eigenvalue weighted by molar-refractivity contribution is 7.98. The quantitative estimate of drug-likeness (QED) is 0.413. The summed E-state index contributed by atoms with van der Waals surface area (Å²) in [6.07, 6.45) is 7.75. The van der Waals surface area contributed by atoms with Gasteiger partial charge in [0.1, 0.15) is 6.04 Å². The van der Waals surface area contributed by atoms with Crippen molar-refractivity contribution in [3.8, 4) is 0 Å². The van der Waals surface area contributed by atoms with Crippen molar-refractivity contribution < 1.29 is 14.3 Å². The van der Waals surface area contributed by atoms with Crippen LogP contribution in [0.15, 0.2) is 18.2 Å². The molecule has 1 amide bonds. The molecule has 0 unspecified atom stereocenters. The highest BCUT2D eigenvalue weighted by Crippen LogP contribution is 2.22. The predicted molar refractivity (Wildman–Crippen MR) is 131 cm³/mol. The summed E-state index contributed by atoms with van der Waals surface area (Å²) in [6.45, 7) is 4.16. The van der Waals surface area contributed by atoms with Gasteiger partial charge in [-0.3, -0.25) is 4.79 Å². The van der Waals surface area contributed by atoms with Gasteiger partial charge in [0, 0.05) is 17.4 Å². The number of rotatable bonds is 14. The van der Waals surface area contributed by atoms with Gasteiger partial charge in [0.15, 0.2) is 0 Å². The van der Waals surface area contributed by atoms with Gasteiger partial charge in [-0.1, -0.05) is 26.0 Å². The van der Waals surface area contributed by atoms with E-state index in [1.165, 1.54) is 7.11 Å². The minimum atomic E-state index is -0.624. The number of benzene rings is 1. The minimum Gasteiger partial charge on any atom is -0.467 e. The lowest BCUT2D eigenvalue weighted by molar-refractivity contribution is -0.142. The van der Waals surface area contributed by atoms with Crippen LogP contribution in [0.25, 0.3) is 0 Å². The summed E-state index contributed by atoms with van der Waals surface area (Å²) in [5.74, 6) is 1.50. The first-order valence-corrected chi connectivity index (χ1v) is 13.3. The van der Waals surface area contributed by atoms with Crippen LogP contribution in [0.4, 0.5) is 0 Å². The van der Waals surface area contributed by atoms with Gasteiger partial charge in [-0.25, -0.2) is 4.79 Å². The van der Waals surface area contributed by atoms with E-state index in [1.807, 2.05) is 31.1 Å². The van der Waals surface area contributed by atoms with Gasteiger partial charge < -0.3 is 15.4 Å². The van der Waals surface area contributed by atoms with Gasteiger partial charge in [-0.15, -0.1) is 0 Å². The number of nitrogens with one attached hydrogen (secondary N) is 2. The fourth-order valence-electron chi connectivity index (χ4n) is 3.39. The van der Waals surface area contributed by atoms with Crippen LogP contribution in [0.5, 0.6) is 0 Å². The third kappa shape index (κ3) is 8.90. The normalized spacial score (nSPS) is 13.2. The average molecular weight is 455 g/mol. The van der Waals surface area contributed by atoms with E-state index >= 15 is 0 Å². The highest BCUT2D eigenvalue weighted by Gasteiger charge is 2.23. The second-order valence-corrected chi connectivity index (χ2v) is 9.64. The Hall–Kier alpha value is -1.18. The Labute approximate surface area is 190 Å². The van der Waals surface area contributed by atoms with Crippen molar-refractivity contribution in [3.63, 3.8) is 0 Å². The maximum absolute atomic E-state index is 13.1. The molecule has 0 aromatic heterocycles. The van der Waals surface area contributed by atoms with Crippen molar-refractivity contribution in [2.75, 3.05) is 38.2 Å². The fraction of sp³-hybridized carbons (Fsp3) is 0.652. The van der Waals surface area contributed by atoms with Crippen molar-refractivity contribution >= 4 is 35.4 Å². The standard InChI is InChI=1S/C23H38N2O3S2/c1-16(2)19-11-10-17(8-7-9-18(24-3)15-30-6)14-20(19)22(26)25-21(12-13-29-5)23(27)28-4/h10-11,14,16,18,21,24H,7-9,12-13,15H2,1-6H3,(H,25,26)/t18-,21+/m1/s1. The van der Waals surface area contributed by atoms with Crippen LogP contribution in [0.2, 0.25) is 0 Å². The minimum absolute atomic E-state index is 0.201. The molecule has 1 aromatic carbocycles. The van der Waals surface area contributed by atoms with E-state index in [-0.39, 0.29) is 11.8 Å². The fourth-order valence-corrected chi connectivity index (χ4v) is 4.59. The maximum atomic E-state index is 13.1. The molecule has 0 saturated heterocycles. The lowest BCUT2D eigenvalue weighted by atomic mass is 9.93. The largest absolute Gasteiger partial charge is 0.467 e. The van der Waals surface area contributed by atoms with Crippen LogP contribution in [-0.2, 0) is 16.0 Å². The van der Waals surface area contributed by atoms with Crippen molar-refractivity contribution in [2.24, 2.45) is 0 Å². The molecule has 0 aliphatic rings. The summed E-state index contributed by atoms with van der Waals surface area (Å²) in [4.78, 5) is 25.2. The molecule has 0 bridgehead atoms. The van der Waals surface area contributed by atoms with E-state index in [9.17, 15) is 9.59 Å². The van der Waals surface area contributed by atoms with E-state index in [1.54, 1.807) is 11.8 Å². The number of methoxy groups -OCH3 is 1. The Kier molecular flexibility index (Phi) is 13.2. The second kappa shape index (κ2) is 14.8. The van der Waals surface area contributed by atoms with Crippen LogP contribution in [-0.4, -0.2) is 62.1 Å². The molecule has 170 valence electrons. The molecule has 1 aromatic rings. The number of hydrogen-bond acceptors (Lipinski definition) is 6. The zero-order valence-corrected chi connectivity index (χ0v) is 20.9. The molecule has 5 nitrogen and oxygen atoms in total. The summed E-state index contributed by atoms with van der Waals surface area (Å²) in [7, 11) is 3.37. The summed E-state index contributed by atoms with van der Waals surface area (Å²) in [5.41, 5.74) is 2.82. The van der Waals surface area contributed by atoms with Crippen molar-refractivity contribution in [2.45, 2.75) is 57.5 Å². The third-order valence-corrected chi connectivity index (χ3v) is 6.56. The second-order valence-electron chi connectivity index (χ2n) is 7.74. The molecule has 7 heteroatoms. The molecule has 1 rings (SSSR count). The van der Waals surface area contributed by atoms with Crippen LogP contribution in [0, 0.1) is 0 Å². The van der Waals surface area contributed by atoms with Gasteiger partial charge in [0.25, 0.3) is 5.91 Å². The SMILES string of the molecule is CN[C@H](CCCc1ccc(C(C)C)c(C(=O)N[C@@H](CCSC)C(=O)OC)c1)CSC. The first kappa shape index (κ1) is 26.9. The van der Waals surface area contributed by atoms with Crippen LogP contribution < -0.4 is 10.6 Å². The van der Waals surface area contributed by atoms with E-state index in [2.05, 4.69) is 42.9 Å².